The molecule has 0 fully saturated rings. The van der Waals surface area contributed by atoms with Gasteiger partial charge in [-0.05, 0) is 69.7 Å². The summed E-state index contributed by atoms with van der Waals surface area (Å²) in [4.78, 5) is 20.2. The number of pyridine rings is 1. The van der Waals surface area contributed by atoms with E-state index in [2.05, 4.69) is 86.6 Å². The highest BCUT2D eigenvalue weighted by Crippen LogP contribution is 2.68. The number of fused-ring (bicyclic) bond motifs is 1. The van der Waals surface area contributed by atoms with Gasteiger partial charge in [-0.15, -0.1) is 11.3 Å². The first-order valence-corrected chi connectivity index (χ1v) is 16.7. The molecule has 0 radical (unpaired) electrons. The molecule has 190 valence electrons. The van der Waals surface area contributed by atoms with Crippen molar-refractivity contribution in [3.05, 3.63) is 113 Å². The van der Waals surface area contributed by atoms with Crippen LogP contribution in [0.25, 0.3) is 10.2 Å². The Morgan fingerprint density at radius 1 is 0.868 bits per heavy atom. The van der Waals surface area contributed by atoms with Crippen molar-refractivity contribution in [2.45, 2.75) is 27.7 Å². The minimum atomic E-state index is -2.25. The highest BCUT2D eigenvalue weighted by molar-refractivity contribution is 8.39. The molecule has 7 heteroatoms. The molecular weight excluding hydrogens is 526 g/mol. The molecule has 0 unspecified atom stereocenters. The molecule has 0 amide bonds. The Kier molecular flexibility index (Phi) is 7.81. The number of hydrogen-bond donors (Lipinski definition) is 0. The van der Waals surface area contributed by atoms with Gasteiger partial charge in [0.25, 0.3) is 0 Å². The van der Waals surface area contributed by atoms with Crippen molar-refractivity contribution in [3.8, 4) is 0 Å². The highest BCUT2D eigenvalue weighted by Gasteiger charge is 2.46. The number of ether oxygens (including phenoxy) is 1. The molecule has 0 aliphatic heterocycles. The summed E-state index contributed by atoms with van der Waals surface area (Å²) in [6.07, 6.45) is 0. The zero-order valence-corrected chi connectivity index (χ0v) is 24.5. The molecule has 38 heavy (non-hydrogen) atoms. The van der Waals surface area contributed by atoms with Gasteiger partial charge in [-0.1, -0.05) is 54.6 Å². The standard InChI is InChI=1S/C31H29N2O2P2S/c1-5-35-31(34)28-22(3)32-30-27(21(2)23(4)38-30)29(28)33-36-37(24-15-9-6-10-16-24,25-17-11-7-12-18-25)26-19-13-8-14-20-26/h6-20H,5H2,1-4H3/q+1. The molecule has 0 aliphatic carbocycles. The maximum Gasteiger partial charge on any atom is 0.342 e. The zero-order valence-electron chi connectivity index (χ0n) is 21.9. The minimum absolute atomic E-state index is 0.296. The van der Waals surface area contributed by atoms with E-state index in [9.17, 15) is 4.79 Å². The average molecular weight is 556 g/mol. The number of benzene rings is 3. The number of aryl methyl sites for hydroxylation is 3. The van der Waals surface area contributed by atoms with Crippen molar-refractivity contribution in [3.63, 3.8) is 0 Å². The SMILES string of the molecule is CCOC(=O)c1c(C)nc2sc(C)c(C)c2c1N=P[P+](c1ccccc1)(c1ccccc1)c1ccccc1. The average Bonchev–Trinajstić information content (AvgIpc) is 3.23. The lowest BCUT2D eigenvalue weighted by molar-refractivity contribution is 0.0526. The van der Waals surface area contributed by atoms with E-state index in [1.54, 1.807) is 11.3 Å². The van der Waals surface area contributed by atoms with Crippen molar-refractivity contribution in [1.29, 1.82) is 0 Å². The van der Waals surface area contributed by atoms with Gasteiger partial charge in [-0.2, -0.15) is 4.74 Å². The molecule has 0 saturated heterocycles. The second-order valence-corrected chi connectivity index (χ2v) is 15.7. The minimum Gasteiger partial charge on any atom is -0.462 e. The predicted molar refractivity (Wildman–Crippen MR) is 164 cm³/mol. The Hall–Kier alpha value is -3.23. The summed E-state index contributed by atoms with van der Waals surface area (Å²) in [5.41, 5.74) is 2.90. The Labute approximate surface area is 229 Å². The molecule has 2 heterocycles. The number of carbonyl (C=O) groups excluding carboxylic acids is 1. The van der Waals surface area contributed by atoms with Gasteiger partial charge in [0.1, 0.15) is 26.3 Å². The lowest BCUT2D eigenvalue weighted by Gasteiger charge is -2.22. The second kappa shape index (κ2) is 11.3. The third-order valence-corrected chi connectivity index (χ3v) is 14.6. The molecule has 0 N–H and O–H groups in total. The molecule has 0 atom stereocenters. The predicted octanol–water partition coefficient (Wildman–Crippen LogP) is 8.07. The van der Waals surface area contributed by atoms with Crippen LogP contribution in [0.5, 0.6) is 0 Å². The fraction of sp³-hybridized carbons (Fsp3) is 0.161. The van der Waals surface area contributed by atoms with Gasteiger partial charge in [0.15, 0.2) is 6.95 Å². The van der Waals surface area contributed by atoms with Gasteiger partial charge in [0, 0.05) is 10.3 Å². The first-order valence-electron chi connectivity index (χ1n) is 12.5. The first kappa shape index (κ1) is 26.4. The van der Waals surface area contributed by atoms with Gasteiger partial charge < -0.3 is 4.74 Å². The molecule has 0 spiro atoms. The summed E-state index contributed by atoms with van der Waals surface area (Å²) in [6.45, 7) is 5.93. The fourth-order valence-electron chi connectivity index (χ4n) is 4.66. The summed E-state index contributed by atoms with van der Waals surface area (Å²) < 4.78 is 10.9. The van der Waals surface area contributed by atoms with E-state index in [4.69, 9.17) is 14.5 Å². The topological polar surface area (TPSA) is 51.5 Å². The largest absolute Gasteiger partial charge is 0.462 e. The highest BCUT2D eigenvalue weighted by atomic mass is 32.1. The number of carbonyl (C=O) groups is 1. The zero-order chi connectivity index (χ0) is 26.7. The monoisotopic (exact) mass is 555 g/mol. The quantitative estimate of drug-likeness (QED) is 0.151. The number of rotatable bonds is 7. The van der Waals surface area contributed by atoms with E-state index in [1.165, 1.54) is 20.8 Å². The lowest BCUT2D eigenvalue weighted by atomic mass is 10.1. The van der Waals surface area contributed by atoms with Crippen LogP contribution in [0, 0.1) is 20.8 Å². The first-order chi connectivity index (χ1) is 18.5. The van der Waals surface area contributed by atoms with Crippen LogP contribution in [0.2, 0.25) is 0 Å². The molecule has 3 aromatic carbocycles. The van der Waals surface area contributed by atoms with Crippen LogP contribution < -0.4 is 15.9 Å². The van der Waals surface area contributed by atoms with Gasteiger partial charge in [-0.25, -0.2) is 9.78 Å². The van der Waals surface area contributed by atoms with Gasteiger partial charge in [-0.3, -0.25) is 0 Å². The summed E-state index contributed by atoms with van der Waals surface area (Å²) in [6, 6.07) is 31.9. The van der Waals surface area contributed by atoms with Crippen molar-refractivity contribution < 1.29 is 9.53 Å². The van der Waals surface area contributed by atoms with Crippen LogP contribution in [0.15, 0.2) is 95.7 Å². The van der Waals surface area contributed by atoms with Crippen LogP contribution in [0.3, 0.4) is 0 Å². The normalized spacial score (nSPS) is 11.8. The number of nitrogens with zero attached hydrogens (tertiary/aromatic N) is 2. The van der Waals surface area contributed by atoms with Crippen molar-refractivity contribution in [2.24, 2.45) is 4.74 Å². The molecule has 4 nitrogen and oxygen atoms in total. The van der Waals surface area contributed by atoms with Crippen molar-refractivity contribution >= 4 is 64.1 Å². The van der Waals surface area contributed by atoms with E-state index < -0.39 is 6.95 Å². The summed E-state index contributed by atoms with van der Waals surface area (Å²) >= 11 is 1.65. The van der Waals surface area contributed by atoms with Crippen LogP contribution in [0.1, 0.15) is 33.4 Å². The molecule has 5 rings (SSSR count). The van der Waals surface area contributed by atoms with Crippen molar-refractivity contribution in [1.82, 2.24) is 4.98 Å². The Bertz CT molecular complexity index is 1520. The Balaban J connectivity index is 1.87. The fourth-order valence-corrected chi connectivity index (χ4v) is 12.0. The molecule has 0 bridgehead atoms. The van der Waals surface area contributed by atoms with Gasteiger partial charge >= 0.3 is 5.97 Å². The van der Waals surface area contributed by atoms with E-state index in [0.717, 1.165) is 23.8 Å². The van der Waals surface area contributed by atoms with Crippen molar-refractivity contribution in [2.75, 3.05) is 6.61 Å². The lowest BCUT2D eigenvalue weighted by Crippen LogP contribution is -2.27. The van der Waals surface area contributed by atoms with Crippen LogP contribution in [-0.2, 0) is 4.74 Å². The number of hydrogen-bond acceptors (Lipinski definition) is 5. The Morgan fingerprint density at radius 3 is 1.84 bits per heavy atom. The van der Waals surface area contributed by atoms with Crippen LogP contribution >= 0.6 is 26.3 Å². The third-order valence-electron chi connectivity index (χ3n) is 6.62. The summed E-state index contributed by atoms with van der Waals surface area (Å²) in [5, 5.41) is 4.66. The van der Waals surface area contributed by atoms with E-state index in [1.807, 2.05) is 32.0 Å². The molecule has 2 aromatic heterocycles. The molecule has 0 aliphatic rings. The van der Waals surface area contributed by atoms with Crippen LogP contribution in [0.4, 0.5) is 5.69 Å². The number of thiophene rings is 1. The summed E-state index contributed by atoms with van der Waals surface area (Å²) in [5.74, 6) is -0.375. The van der Waals surface area contributed by atoms with E-state index in [-0.39, 0.29) is 5.97 Å². The van der Waals surface area contributed by atoms with Gasteiger partial charge in [0.2, 0.25) is 8.06 Å². The number of esters is 1. The van der Waals surface area contributed by atoms with E-state index >= 15 is 0 Å². The molecular formula is C31H29N2O2P2S+. The molecule has 0 saturated carbocycles. The number of aromatic nitrogens is 1. The summed E-state index contributed by atoms with van der Waals surface area (Å²) in [7, 11) is 0.871. The maximum absolute atomic E-state index is 13.3. The van der Waals surface area contributed by atoms with Gasteiger partial charge in [0.05, 0.1) is 18.0 Å². The maximum atomic E-state index is 13.3. The van der Waals surface area contributed by atoms with Crippen LogP contribution in [-0.4, -0.2) is 17.6 Å². The Morgan fingerprint density at radius 2 is 1.37 bits per heavy atom. The third kappa shape index (κ3) is 4.71. The molecule has 5 aromatic rings. The van der Waals surface area contributed by atoms with E-state index in [0.29, 0.717) is 23.6 Å². The second-order valence-electron chi connectivity index (χ2n) is 8.94. The smallest absolute Gasteiger partial charge is 0.342 e.